The zero-order valence-electron chi connectivity index (χ0n) is 35.2. The molecule has 2 aromatic heterocycles. The van der Waals surface area contributed by atoms with Crippen LogP contribution in [0.4, 0.5) is 0 Å². The molecule has 0 saturated carbocycles. The Kier molecular flexibility index (Phi) is 16.4. The summed E-state index contributed by atoms with van der Waals surface area (Å²) in [5.41, 5.74) is 4.18. The number of ketones is 1. The average molecular weight is 958 g/mol. The molecule has 65 heavy (non-hydrogen) atoms. The third-order valence-corrected chi connectivity index (χ3v) is 11.5. The molecule has 0 spiro atoms. The lowest BCUT2D eigenvalue weighted by Crippen LogP contribution is -2.52. The number of aliphatic carboxylic acids is 1. The van der Waals surface area contributed by atoms with E-state index in [0.29, 0.717) is 54.7 Å². The maximum absolute atomic E-state index is 12.5. The number of carboxylic acid groups (broad SMARTS) is 1. The van der Waals surface area contributed by atoms with E-state index in [2.05, 4.69) is 20.3 Å². The van der Waals surface area contributed by atoms with Gasteiger partial charge in [0, 0.05) is 101 Å². The number of aliphatic hydroxyl groups is 1. The predicted molar refractivity (Wildman–Crippen MR) is 249 cm³/mol. The average Bonchev–Trinajstić information content (AvgIpc) is 3.30. The maximum atomic E-state index is 12.5. The topological polar surface area (TPSA) is 185 Å². The maximum Gasteiger partial charge on any atom is 0.326 e. The minimum absolute atomic E-state index is 0.00127. The van der Waals surface area contributed by atoms with Crippen LogP contribution >= 0.6 is 46.4 Å². The van der Waals surface area contributed by atoms with Gasteiger partial charge in [0.1, 0.15) is 61.0 Å². The van der Waals surface area contributed by atoms with Crippen molar-refractivity contribution in [1.82, 2.24) is 15.3 Å². The molecule has 1 unspecified atom stereocenters. The van der Waals surface area contributed by atoms with Crippen molar-refractivity contribution >= 4 is 64.4 Å². The highest BCUT2D eigenvalue weighted by molar-refractivity contribution is 6.37. The molecule has 0 aliphatic rings. The standard InChI is InChI=1S/C48H41Cl4N5O8/c1-28(59)38-13-40(50)44(15-42(38)63-24-31-10-29(16-53)18-55-20-31)65-26-34-7-5-9-37(46(34)52)36-8-4-6-33(45(36)51)25-64-43-14-41(62-23-32-11-30(17-54-3)19-56-21-32)35(12-39(43)49)22-57-48(2,27-58)47(60)61/h4-15,17-21,57-58H,22-27H2,1-3H3,(H,60,61)/b54-17+. The van der Waals surface area contributed by atoms with Gasteiger partial charge in [-0.1, -0.05) is 82.8 Å². The largest absolute Gasteiger partial charge is 0.488 e. The lowest BCUT2D eigenvalue weighted by atomic mass is 10.0. The first-order valence-electron chi connectivity index (χ1n) is 19.8. The van der Waals surface area contributed by atoms with E-state index in [1.807, 2.05) is 36.4 Å². The Balaban J connectivity index is 1.20. The number of carbonyl (C=O) groups is 2. The summed E-state index contributed by atoms with van der Waals surface area (Å²) in [6.45, 7) is 2.25. The Labute approximate surface area is 395 Å². The molecule has 6 aromatic rings. The summed E-state index contributed by atoms with van der Waals surface area (Å²) in [6.07, 6.45) is 8.01. The van der Waals surface area contributed by atoms with Gasteiger partial charge in [0.15, 0.2) is 5.78 Å². The van der Waals surface area contributed by atoms with Crippen LogP contribution in [0.15, 0.2) is 103 Å². The molecule has 2 heterocycles. The van der Waals surface area contributed by atoms with Crippen molar-refractivity contribution in [2.45, 2.75) is 52.4 Å². The predicted octanol–water partition coefficient (Wildman–Crippen LogP) is 10.1. The van der Waals surface area contributed by atoms with Gasteiger partial charge >= 0.3 is 5.97 Å². The Morgan fingerprint density at radius 2 is 1.31 bits per heavy atom. The molecule has 0 radical (unpaired) electrons. The fraction of sp³-hybridized carbons (Fsp3) is 0.208. The molecule has 0 fully saturated rings. The molecule has 0 amide bonds. The van der Waals surface area contributed by atoms with Crippen LogP contribution in [0, 0.1) is 11.3 Å². The third-order valence-electron chi connectivity index (χ3n) is 10.0. The zero-order chi connectivity index (χ0) is 46.7. The fourth-order valence-electron chi connectivity index (χ4n) is 6.35. The monoisotopic (exact) mass is 955 g/mol. The quantitative estimate of drug-likeness (QED) is 0.0487. The fourth-order valence-corrected chi connectivity index (χ4v) is 7.38. The number of aromatic nitrogens is 2. The van der Waals surface area contributed by atoms with Crippen molar-refractivity contribution < 1.29 is 38.7 Å². The number of Topliss-reactive ketones (excluding diaryl/α,β-unsaturated/α-hetero) is 1. The van der Waals surface area contributed by atoms with E-state index in [4.69, 9.17) is 65.4 Å². The molecular weight excluding hydrogens is 916 g/mol. The third kappa shape index (κ3) is 12.1. The van der Waals surface area contributed by atoms with Gasteiger partial charge < -0.3 is 29.2 Å². The van der Waals surface area contributed by atoms with Crippen LogP contribution in [0.2, 0.25) is 20.1 Å². The van der Waals surface area contributed by atoms with Crippen LogP contribution in [0.5, 0.6) is 23.0 Å². The van der Waals surface area contributed by atoms with E-state index in [0.717, 1.165) is 11.1 Å². The summed E-state index contributed by atoms with van der Waals surface area (Å²) in [6, 6.07) is 22.7. The summed E-state index contributed by atoms with van der Waals surface area (Å²) < 4.78 is 24.6. The normalized spacial score (nSPS) is 12.0. The van der Waals surface area contributed by atoms with E-state index < -0.39 is 18.1 Å². The van der Waals surface area contributed by atoms with Gasteiger partial charge in [-0.2, -0.15) is 5.26 Å². The number of hydrogen-bond donors (Lipinski definition) is 3. The summed E-state index contributed by atoms with van der Waals surface area (Å²) in [4.78, 5) is 36.8. The smallest absolute Gasteiger partial charge is 0.326 e. The lowest BCUT2D eigenvalue weighted by Gasteiger charge is -2.25. The van der Waals surface area contributed by atoms with Gasteiger partial charge in [0.2, 0.25) is 0 Å². The van der Waals surface area contributed by atoms with Crippen LogP contribution in [0.25, 0.3) is 11.1 Å². The van der Waals surface area contributed by atoms with Gasteiger partial charge in [-0.25, -0.2) is 0 Å². The van der Waals surface area contributed by atoms with Gasteiger partial charge in [0.05, 0.1) is 37.8 Å². The molecule has 0 saturated heterocycles. The molecule has 6 rings (SSSR count). The Bertz CT molecular complexity index is 2800. The van der Waals surface area contributed by atoms with Crippen molar-refractivity contribution in [3.05, 3.63) is 162 Å². The molecule has 1 atom stereocenters. The Morgan fingerprint density at radius 3 is 1.88 bits per heavy atom. The van der Waals surface area contributed by atoms with Gasteiger partial charge in [0.25, 0.3) is 0 Å². The highest BCUT2D eigenvalue weighted by atomic mass is 35.5. The number of ether oxygens (including phenoxy) is 4. The first-order valence-corrected chi connectivity index (χ1v) is 21.3. The van der Waals surface area contributed by atoms with E-state index >= 15 is 0 Å². The molecule has 0 bridgehead atoms. The van der Waals surface area contributed by atoms with Crippen molar-refractivity contribution in [1.29, 1.82) is 5.26 Å². The number of halogens is 4. The van der Waals surface area contributed by atoms with Crippen molar-refractivity contribution in [2.24, 2.45) is 4.99 Å². The molecule has 13 nitrogen and oxygen atoms in total. The summed E-state index contributed by atoms with van der Waals surface area (Å²) >= 11 is 27.4. The number of benzene rings is 4. The SMILES string of the molecule is C/N=C/c1cncc(COc2cc(OCc3cccc(-c4cccc(COc5cc(OCc6cncc(C#N)c6)c(C(C)=O)cc5Cl)c4Cl)c3Cl)c(Cl)cc2CNC(C)(CO)C(=O)O)c1. The first-order chi connectivity index (χ1) is 31.2. The van der Waals surface area contributed by atoms with Crippen molar-refractivity contribution in [2.75, 3.05) is 13.7 Å². The van der Waals surface area contributed by atoms with Crippen molar-refractivity contribution in [3.63, 3.8) is 0 Å². The Morgan fingerprint density at radius 1 is 0.754 bits per heavy atom. The van der Waals surface area contributed by atoms with Gasteiger partial charge in [-0.3, -0.25) is 29.9 Å². The van der Waals surface area contributed by atoms with Crippen molar-refractivity contribution in [3.8, 4) is 40.2 Å². The number of pyridine rings is 2. The van der Waals surface area contributed by atoms with E-state index in [9.17, 15) is 25.1 Å². The molecule has 4 aromatic carbocycles. The number of nitrogens with zero attached hydrogens (tertiary/aromatic N) is 4. The Hall–Kier alpha value is -6.24. The number of aliphatic hydroxyl groups excluding tert-OH is 1. The zero-order valence-corrected chi connectivity index (χ0v) is 38.2. The molecule has 17 heteroatoms. The highest BCUT2D eigenvalue weighted by Gasteiger charge is 2.32. The van der Waals surface area contributed by atoms with E-state index in [-0.39, 0.29) is 71.6 Å². The molecule has 0 aliphatic heterocycles. The number of aliphatic imine (C=N–C) groups is 1. The van der Waals surface area contributed by atoms with Crippen LogP contribution in [-0.2, 0) is 37.8 Å². The van der Waals surface area contributed by atoms with Crippen LogP contribution in [-0.4, -0.2) is 57.3 Å². The minimum atomic E-state index is -1.63. The molecule has 3 N–H and O–H groups in total. The number of rotatable bonds is 20. The second-order valence-electron chi connectivity index (χ2n) is 14.8. The number of hydrogen-bond acceptors (Lipinski definition) is 12. The van der Waals surface area contributed by atoms with Gasteiger partial charge in [-0.15, -0.1) is 0 Å². The van der Waals surface area contributed by atoms with E-state index in [1.54, 1.807) is 62.2 Å². The van der Waals surface area contributed by atoms with Crippen LogP contribution in [0.3, 0.4) is 0 Å². The van der Waals surface area contributed by atoms with Crippen LogP contribution < -0.4 is 24.3 Å². The number of nitriles is 1. The second-order valence-corrected chi connectivity index (χ2v) is 16.4. The molecule has 334 valence electrons. The number of carbonyl (C=O) groups excluding carboxylic acids is 1. The first kappa shape index (κ1) is 48.2. The summed E-state index contributed by atoms with van der Waals surface area (Å²) in [5, 5.41) is 32.8. The molecular formula is C48H41Cl4N5O8. The minimum Gasteiger partial charge on any atom is -0.488 e. The van der Waals surface area contributed by atoms with Gasteiger partial charge in [-0.05, 0) is 38.1 Å². The lowest BCUT2D eigenvalue weighted by molar-refractivity contribution is -0.145. The summed E-state index contributed by atoms with van der Waals surface area (Å²) in [5.74, 6) is -0.379. The molecule has 0 aliphatic carbocycles. The summed E-state index contributed by atoms with van der Waals surface area (Å²) in [7, 11) is 1.66. The number of nitrogens with one attached hydrogen (secondary N) is 1. The van der Waals surface area contributed by atoms with E-state index in [1.165, 1.54) is 32.2 Å². The second kappa shape index (κ2) is 22.1. The highest BCUT2D eigenvalue weighted by Crippen LogP contribution is 2.40. The number of carboxylic acids is 1. The van der Waals surface area contributed by atoms with Crippen LogP contribution in [0.1, 0.15) is 63.1 Å².